The number of hydrogen-bond donors (Lipinski definition) is 0. The molecule has 1 aliphatic heterocycles. The van der Waals surface area contributed by atoms with Crippen LogP contribution in [0.2, 0.25) is 0 Å². The molecule has 1 saturated heterocycles. The second-order valence-electron chi connectivity index (χ2n) is 13.1. The number of rotatable bonds is 8. The summed E-state index contributed by atoms with van der Waals surface area (Å²) < 4.78 is 7.84. The number of nitrogens with zero attached hydrogens (tertiary/aromatic N) is 3. The zero-order valence-corrected chi connectivity index (χ0v) is 27.1. The third kappa shape index (κ3) is 6.69. The van der Waals surface area contributed by atoms with Gasteiger partial charge >= 0.3 is 6.09 Å². The Balaban J connectivity index is 1.27. The molecule has 0 bridgehead atoms. The van der Waals surface area contributed by atoms with Crippen molar-refractivity contribution < 1.29 is 9.53 Å². The molecule has 0 unspecified atom stereocenters. The number of ether oxygens (including phenoxy) is 1. The molecule has 1 aromatic heterocycles. The van der Waals surface area contributed by atoms with Crippen molar-refractivity contribution in [1.29, 1.82) is 0 Å². The highest BCUT2D eigenvalue weighted by Gasteiger charge is 2.38. The highest BCUT2D eigenvalue weighted by atomic mass is 16.6. The molecule has 0 atom stereocenters. The lowest BCUT2D eigenvalue weighted by molar-refractivity contribution is 0.0197. The van der Waals surface area contributed by atoms with Gasteiger partial charge in [0.1, 0.15) is 11.1 Å². The summed E-state index contributed by atoms with van der Waals surface area (Å²) in [5.41, 5.74) is 5.76. The predicted molar refractivity (Wildman–Crippen MR) is 186 cm³/mol. The van der Waals surface area contributed by atoms with Crippen LogP contribution in [-0.2, 0) is 16.7 Å². The molecule has 5 nitrogen and oxygen atoms in total. The van der Waals surface area contributed by atoms with Gasteiger partial charge in [0.15, 0.2) is 0 Å². The van der Waals surface area contributed by atoms with Crippen LogP contribution < -0.4 is 0 Å². The molecule has 4 aromatic carbocycles. The predicted octanol–water partition coefficient (Wildman–Crippen LogP) is 9.14. The highest BCUT2D eigenvalue weighted by Crippen LogP contribution is 2.41. The van der Waals surface area contributed by atoms with Crippen LogP contribution in [0.25, 0.3) is 11.3 Å². The molecule has 1 aliphatic rings. The fourth-order valence-corrected chi connectivity index (χ4v) is 6.57. The number of allylic oxidation sites excluding steroid dienone is 2. The first-order valence-electron chi connectivity index (χ1n) is 16.3. The average molecular weight is 610 g/mol. The Labute approximate surface area is 273 Å². The van der Waals surface area contributed by atoms with E-state index in [9.17, 15) is 4.79 Å². The second-order valence-corrected chi connectivity index (χ2v) is 13.1. The molecule has 1 fully saturated rings. The monoisotopic (exact) mass is 609 g/mol. The number of benzene rings is 4. The van der Waals surface area contributed by atoms with Crippen molar-refractivity contribution >= 4 is 6.09 Å². The number of piperidine rings is 1. The zero-order chi connectivity index (χ0) is 32.0. The van der Waals surface area contributed by atoms with Gasteiger partial charge in [-0.3, -0.25) is 0 Å². The van der Waals surface area contributed by atoms with Crippen molar-refractivity contribution in [3.8, 4) is 11.3 Å². The molecule has 0 saturated carbocycles. The lowest BCUT2D eigenvalue weighted by atomic mass is 9.77. The van der Waals surface area contributed by atoms with Crippen LogP contribution in [0.15, 0.2) is 140 Å². The largest absolute Gasteiger partial charge is 0.444 e. The summed E-state index contributed by atoms with van der Waals surface area (Å²) in [5.74, 6) is 0.452. The molecular weight excluding hydrogens is 566 g/mol. The Bertz CT molecular complexity index is 1650. The maximum atomic E-state index is 12.5. The van der Waals surface area contributed by atoms with E-state index in [0.717, 1.165) is 43.6 Å². The van der Waals surface area contributed by atoms with Gasteiger partial charge in [0.05, 0.1) is 12.0 Å². The van der Waals surface area contributed by atoms with E-state index in [1.54, 1.807) is 0 Å². The van der Waals surface area contributed by atoms with Crippen molar-refractivity contribution in [2.45, 2.75) is 51.2 Å². The Morgan fingerprint density at radius 2 is 1.30 bits per heavy atom. The molecule has 0 N–H and O–H groups in total. The van der Waals surface area contributed by atoms with Crippen molar-refractivity contribution in [2.75, 3.05) is 13.1 Å². The van der Waals surface area contributed by atoms with Crippen molar-refractivity contribution in [1.82, 2.24) is 14.5 Å². The van der Waals surface area contributed by atoms with Gasteiger partial charge in [0, 0.05) is 24.8 Å². The molecule has 5 aromatic rings. The number of imidazole rings is 1. The van der Waals surface area contributed by atoms with E-state index in [1.807, 2.05) is 32.0 Å². The van der Waals surface area contributed by atoms with E-state index >= 15 is 0 Å². The summed E-state index contributed by atoms with van der Waals surface area (Å²) in [5, 5.41) is 0. The van der Waals surface area contributed by atoms with E-state index < -0.39 is 11.1 Å². The van der Waals surface area contributed by atoms with Crippen LogP contribution in [-0.4, -0.2) is 39.2 Å². The second kappa shape index (κ2) is 13.6. The number of hydrogen-bond acceptors (Lipinski definition) is 3. The molecule has 1 amide bonds. The van der Waals surface area contributed by atoms with E-state index in [2.05, 4.69) is 138 Å². The number of carbonyl (C=O) groups is 1. The number of likely N-dealkylation sites (tertiary alicyclic amines) is 1. The topological polar surface area (TPSA) is 47.4 Å². The number of amides is 1. The van der Waals surface area contributed by atoms with Crippen molar-refractivity contribution in [3.05, 3.63) is 162 Å². The normalized spacial score (nSPS) is 14.5. The van der Waals surface area contributed by atoms with Crippen LogP contribution >= 0.6 is 0 Å². The Morgan fingerprint density at radius 1 is 0.783 bits per heavy atom. The SMILES string of the molecule is CC(C)(C)OC(=O)N1CCC(/C=C/Cc2ccccc2-c2cn(C(c3ccccc3)(c3ccccc3)c3ccccc3)cn2)CC1. The third-order valence-electron chi connectivity index (χ3n) is 8.78. The Kier molecular flexibility index (Phi) is 9.20. The molecule has 0 spiro atoms. The number of aromatic nitrogens is 2. The van der Waals surface area contributed by atoms with Gasteiger partial charge in [-0.05, 0) is 68.2 Å². The summed E-state index contributed by atoms with van der Waals surface area (Å²) in [4.78, 5) is 19.3. The fourth-order valence-electron chi connectivity index (χ4n) is 6.57. The zero-order valence-electron chi connectivity index (χ0n) is 27.1. The van der Waals surface area contributed by atoms with Crippen LogP contribution in [0.3, 0.4) is 0 Å². The quantitative estimate of drug-likeness (QED) is 0.130. The molecular formula is C41H43N3O2. The van der Waals surface area contributed by atoms with Crippen LogP contribution in [0.1, 0.15) is 55.9 Å². The molecule has 46 heavy (non-hydrogen) atoms. The maximum Gasteiger partial charge on any atom is 0.410 e. The minimum atomic E-state index is -0.599. The molecule has 0 radical (unpaired) electrons. The first kappa shape index (κ1) is 31.1. The van der Waals surface area contributed by atoms with Gasteiger partial charge in [-0.15, -0.1) is 0 Å². The fraction of sp³-hybridized carbons (Fsp3) is 0.268. The molecule has 5 heteroatoms. The molecule has 234 valence electrons. The molecule has 0 aliphatic carbocycles. The standard InChI is InChI=1S/C41H43N3O2/c1-40(2,3)46-39(45)43-28-26-32(27-29-43)16-15-18-33-17-13-14-25-37(33)38-30-44(31-42-38)41(34-19-7-4-8-20-34,35-21-9-5-10-22-35)36-23-11-6-12-24-36/h4-17,19-25,30-32H,18,26-29H2,1-3H3/b16-15+. The van der Waals surface area contributed by atoms with E-state index in [4.69, 9.17) is 9.72 Å². The van der Waals surface area contributed by atoms with Crippen molar-refractivity contribution in [3.63, 3.8) is 0 Å². The van der Waals surface area contributed by atoms with Gasteiger partial charge in [0.2, 0.25) is 0 Å². The number of carbonyl (C=O) groups excluding carboxylic acids is 1. The first-order valence-corrected chi connectivity index (χ1v) is 16.3. The summed E-state index contributed by atoms with van der Waals surface area (Å²) in [6, 6.07) is 40.6. The smallest absolute Gasteiger partial charge is 0.410 e. The molecule has 6 rings (SSSR count). The lowest BCUT2D eigenvalue weighted by Gasteiger charge is -2.37. The van der Waals surface area contributed by atoms with Crippen LogP contribution in [0.4, 0.5) is 4.79 Å². The Hall–Kier alpha value is -4.90. The lowest BCUT2D eigenvalue weighted by Crippen LogP contribution is -2.41. The van der Waals surface area contributed by atoms with Gasteiger partial charge in [-0.1, -0.05) is 127 Å². The molecule has 2 heterocycles. The van der Waals surface area contributed by atoms with E-state index in [0.29, 0.717) is 5.92 Å². The average Bonchev–Trinajstić information content (AvgIpc) is 3.57. The Morgan fingerprint density at radius 3 is 1.85 bits per heavy atom. The summed E-state index contributed by atoms with van der Waals surface area (Å²) in [7, 11) is 0. The van der Waals surface area contributed by atoms with Gasteiger partial charge in [-0.25, -0.2) is 9.78 Å². The van der Waals surface area contributed by atoms with Gasteiger partial charge in [-0.2, -0.15) is 0 Å². The minimum absolute atomic E-state index is 0.209. The van der Waals surface area contributed by atoms with E-state index in [1.165, 1.54) is 22.3 Å². The van der Waals surface area contributed by atoms with Gasteiger partial charge < -0.3 is 14.2 Å². The summed E-state index contributed by atoms with van der Waals surface area (Å²) >= 11 is 0. The van der Waals surface area contributed by atoms with Crippen LogP contribution in [0, 0.1) is 5.92 Å². The third-order valence-corrected chi connectivity index (χ3v) is 8.78. The van der Waals surface area contributed by atoms with Crippen LogP contribution in [0.5, 0.6) is 0 Å². The maximum absolute atomic E-state index is 12.5. The summed E-state index contributed by atoms with van der Waals surface area (Å²) in [6.45, 7) is 7.19. The highest BCUT2D eigenvalue weighted by molar-refractivity contribution is 5.68. The van der Waals surface area contributed by atoms with Gasteiger partial charge in [0.25, 0.3) is 0 Å². The first-order chi connectivity index (χ1) is 22.3. The summed E-state index contributed by atoms with van der Waals surface area (Å²) in [6.07, 6.45) is 11.3. The minimum Gasteiger partial charge on any atom is -0.444 e. The van der Waals surface area contributed by atoms with Crippen molar-refractivity contribution in [2.24, 2.45) is 5.92 Å². The van der Waals surface area contributed by atoms with E-state index in [-0.39, 0.29) is 6.09 Å².